The average Bonchev–Trinajstić information content (AvgIpc) is 2.65. The predicted molar refractivity (Wildman–Crippen MR) is 129 cm³/mol. The highest BCUT2D eigenvalue weighted by Crippen LogP contribution is 2.17. The molecule has 160 valence electrons. The van der Waals surface area contributed by atoms with Crippen LogP contribution >= 0.6 is 24.0 Å². The van der Waals surface area contributed by atoms with Crippen LogP contribution in [0, 0.1) is 6.92 Å². The van der Waals surface area contributed by atoms with Gasteiger partial charge in [-0.2, -0.15) is 0 Å². The van der Waals surface area contributed by atoms with Crippen LogP contribution in [0.2, 0.25) is 0 Å². The lowest BCUT2D eigenvalue weighted by molar-refractivity contribution is 0.328. The van der Waals surface area contributed by atoms with E-state index in [2.05, 4.69) is 41.6 Å². The molecule has 6 nitrogen and oxygen atoms in total. The SMILES string of the molecule is CCNC(=NCCOc1ccc(S(C)(=O)=O)cc1)NC(C)c1ccccc1C.I. The Morgan fingerprint density at radius 1 is 1.14 bits per heavy atom. The normalized spacial score (nSPS) is 12.6. The van der Waals surface area contributed by atoms with E-state index in [0.29, 0.717) is 18.9 Å². The molecule has 0 aliphatic rings. The number of hydrogen-bond donors (Lipinski definition) is 2. The number of sulfone groups is 1. The van der Waals surface area contributed by atoms with Crippen molar-refractivity contribution in [3.63, 3.8) is 0 Å². The first-order chi connectivity index (χ1) is 13.3. The highest BCUT2D eigenvalue weighted by molar-refractivity contribution is 14.0. The fourth-order valence-electron chi connectivity index (χ4n) is 2.78. The summed E-state index contributed by atoms with van der Waals surface area (Å²) in [5.41, 5.74) is 2.47. The van der Waals surface area contributed by atoms with Crippen molar-refractivity contribution in [1.82, 2.24) is 10.6 Å². The van der Waals surface area contributed by atoms with Crippen molar-refractivity contribution < 1.29 is 13.2 Å². The number of aryl methyl sites for hydroxylation is 1. The van der Waals surface area contributed by atoms with E-state index in [1.165, 1.54) is 17.4 Å². The third-order valence-electron chi connectivity index (χ3n) is 4.23. The molecule has 2 aromatic rings. The molecule has 0 radical (unpaired) electrons. The zero-order valence-corrected chi connectivity index (χ0v) is 20.5. The van der Waals surface area contributed by atoms with Gasteiger partial charge in [-0.15, -0.1) is 24.0 Å². The summed E-state index contributed by atoms with van der Waals surface area (Å²) >= 11 is 0. The number of nitrogens with zero attached hydrogens (tertiary/aromatic N) is 1. The number of nitrogens with one attached hydrogen (secondary N) is 2. The Kier molecular flexibility index (Phi) is 10.5. The van der Waals surface area contributed by atoms with Crippen LogP contribution in [0.3, 0.4) is 0 Å². The number of benzene rings is 2. The van der Waals surface area contributed by atoms with Gasteiger partial charge in [0.2, 0.25) is 0 Å². The molecule has 29 heavy (non-hydrogen) atoms. The van der Waals surface area contributed by atoms with Gasteiger partial charge in [0.05, 0.1) is 17.5 Å². The van der Waals surface area contributed by atoms with E-state index < -0.39 is 9.84 Å². The predicted octanol–water partition coefficient (Wildman–Crippen LogP) is 3.71. The third-order valence-corrected chi connectivity index (χ3v) is 5.36. The van der Waals surface area contributed by atoms with Gasteiger partial charge in [0, 0.05) is 12.8 Å². The van der Waals surface area contributed by atoms with Gasteiger partial charge in [-0.1, -0.05) is 24.3 Å². The van der Waals surface area contributed by atoms with Crippen LogP contribution in [-0.4, -0.2) is 40.3 Å². The van der Waals surface area contributed by atoms with Gasteiger partial charge in [-0.05, 0) is 56.2 Å². The van der Waals surface area contributed by atoms with Crippen molar-refractivity contribution in [2.24, 2.45) is 4.99 Å². The minimum absolute atomic E-state index is 0. The lowest BCUT2D eigenvalue weighted by atomic mass is 10.0. The maximum Gasteiger partial charge on any atom is 0.191 e. The molecule has 1 unspecified atom stereocenters. The number of hydrogen-bond acceptors (Lipinski definition) is 4. The molecule has 0 heterocycles. The van der Waals surface area contributed by atoms with Crippen LogP contribution in [0.15, 0.2) is 58.4 Å². The molecule has 0 aromatic heterocycles. The highest BCUT2D eigenvalue weighted by Gasteiger charge is 2.10. The summed E-state index contributed by atoms with van der Waals surface area (Å²) in [6.07, 6.45) is 1.19. The Morgan fingerprint density at radius 3 is 2.38 bits per heavy atom. The molecule has 0 bridgehead atoms. The van der Waals surface area contributed by atoms with Crippen molar-refractivity contribution in [2.45, 2.75) is 31.7 Å². The van der Waals surface area contributed by atoms with Gasteiger partial charge in [0.1, 0.15) is 12.4 Å². The first-order valence-electron chi connectivity index (χ1n) is 9.34. The van der Waals surface area contributed by atoms with E-state index in [1.807, 2.05) is 19.1 Å². The summed E-state index contributed by atoms with van der Waals surface area (Å²) in [4.78, 5) is 4.83. The minimum Gasteiger partial charge on any atom is -0.492 e. The maximum absolute atomic E-state index is 11.5. The fraction of sp³-hybridized carbons (Fsp3) is 0.381. The summed E-state index contributed by atoms with van der Waals surface area (Å²) in [6, 6.07) is 14.8. The van der Waals surface area contributed by atoms with E-state index in [-0.39, 0.29) is 34.9 Å². The Labute approximate surface area is 191 Å². The van der Waals surface area contributed by atoms with Crippen molar-refractivity contribution >= 4 is 39.8 Å². The molecule has 0 amide bonds. The molecule has 1 atom stereocenters. The van der Waals surface area contributed by atoms with E-state index in [4.69, 9.17) is 4.74 Å². The number of ether oxygens (including phenoxy) is 1. The van der Waals surface area contributed by atoms with E-state index in [9.17, 15) is 8.42 Å². The summed E-state index contributed by atoms with van der Waals surface area (Å²) in [5, 5.41) is 6.66. The zero-order chi connectivity index (χ0) is 20.6. The summed E-state index contributed by atoms with van der Waals surface area (Å²) < 4.78 is 28.6. The van der Waals surface area contributed by atoms with Gasteiger partial charge < -0.3 is 15.4 Å². The lowest BCUT2D eigenvalue weighted by Crippen LogP contribution is -2.39. The molecule has 0 saturated heterocycles. The average molecular weight is 531 g/mol. The number of aliphatic imine (C=N–C) groups is 1. The standard InChI is InChI=1S/C21H29N3O3S.HI/c1-5-22-21(24-17(3)20-9-7-6-8-16(20)2)23-14-15-27-18-10-12-19(13-11-18)28(4,25)26;/h6-13,17H,5,14-15H2,1-4H3,(H2,22,23,24);1H. The quantitative estimate of drug-likeness (QED) is 0.235. The Balaban J connectivity index is 0.00000420. The van der Waals surface area contributed by atoms with E-state index in [1.54, 1.807) is 24.3 Å². The molecule has 0 aliphatic heterocycles. The van der Waals surface area contributed by atoms with E-state index >= 15 is 0 Å². The Hall–Kier alpha value is -1.81. The van der Waals surface area contributed by atoms with Crippen LogP contribution < -0.4 is 15.4 Å². The number of rotatable bonds is 8. The Bertz CT molecular complexity index is 900. The van der Waals surface area contributed by atoms with Crippen LogP contribution in [0.1, 0.15) is 31.0 Å². The first-order valence-corrected chi connectivity index (χ1v) is 11.2. The smallest absolute Gasteiger partial charge is 0.191 e. The fourth-order valence-corrected chi connectivity index (χ4v) is 3.41. The van der Waals surface area contributed by atoms with Gasteiger partial charge in [-0.3, -0.25) is 0 Å². The van der Waals surface area contributed by atoms with Gasteiger partial charge >= 0.3 is 0 Å². The molecule has 0 saturated carbocycles. The van der Waals surface area contributed by atoms with Crippen LogP contribution in [-0.2, 0) is 9.84 Å². The van der Waals surface area contributed by atoms with Gasteiger partial charge in [0.15, 0.2) is 15.8 Å². The summed E-state index contributed by atoms with van der Waals surface area (Å²) in [7, 11) is -3.19. The van der Waals surface area contributed by atoms with Gasteiger partial charge in [-0.25, -0.2) is 13.4 Å². The summed E-state index contributed by atoms with van der Waals surface area (Å²) in [6.45, 7) is 7.86. The minimum atomic E-state index is -3.19. The summed E-state index contributed by atoms with van der Waals surface area (Å²) in [5.74, 6) is 1.35. The van der Waals surface area contributed by atoms with Gasteiger partial charge in [0.25, 0.3) is 0 Å². The lowest BCUT2D eigenvalue weighted by Gasteiger charge is -2.19. The molecule has 0 fully saturated rings. The molecule has 2 rings (SSSR count). The van der Waals surface area contributed by atoms with Crippen LogP contribution in [0.25, 0.3) is 0 Å². The third kappa shape index (κ3) is 8.22. The number of halogens is 1. The maximum atomic E-state index is 11.5. The van der Waals surface area contributed by atoms with Crippen LogP contribution in [0.5, 0.6) is 5.75 Å². The second-order valence-electron chi connectivity index (χ2n) is 6.58. The largest absolute Gasteiger partial charge is 0.492 e. The Morgan fingerprint density at radius 2 is 1.79 bits per heavy atom. The molecule has 2 aromatic carbocycles. The first kappa shape index (κ1) is 25.2. The van der Waals surface area contributed by atoms with Crippen LogP contribution in [0.4, 0.5) is 0 Å². The van der Waals surface area contributed by atoms with Crippen molar-refractivity contribution in [3.8, 4) is 5.75 Å². The molecule has 2 N–H and O–H groups in total. The molecular weight excluding hydrogens is 501 g/mol. The van der Waals surface area contributed by atoms with E-state index in [0.717, 1.165) is 12.5 Å². The van der Waals surface area contributed by atoms with Crippen molar-refractivity contribution in [1.29, 1.82) is 0 Å². The molecule has 0 aliphatic carbocycles. The van der Waals surface area contributed by atoms with Crippen molar-refractivity contribution in [3.05, 3.63) is 59.7 Å². The second kappa shape index (κ2) is 12.0. The van der Waals surface area contributed by atoms with Crippen molar-refractivity contribution in [2.75, 3.05) is 26.0 Å². The molecule has 8 heteroatoms. The monoisotopic (exact) mass is 531 g/mol. The second-order valence-corrected chi connectivity index (χ2v) is 8.59. The topological polar surface area (TPSA) is 79.8 Å². The number of guanidine groups is 1. The zero-order valence-electron chi connectivity index (χ0n) is 17.3. The molecular formula is C21H30IN3O3S. The molecule has 0 spiro atoms. The highest BCUT2D eigenvalue weighted by atomic mass is 127.